The van der Waals surface area contributed by atoms with Gasteiger partial charge in [-0.15, -0.1) is 0 Å². The Balaban J connectivity index is 2.38. The van der Waals surface area contributed by atoms with Crippen LogP contribution in [0.3, 0.4) is 0 Å². The molecule has 0 aromatic heterocycles. The highest BCUT2D eigenvalue weighted by atomic mass is 19.1. The molecule has 0 unspecified atom stereocenters. The predicted molar refractivity (Wildman–Crippen MR) is 69.1 cm³/mol. The van der Waals surface area contributed by atoms with Gasteiger partial charge in [0.1, 0.15) is 5.82 Å². The molecule has 0 aliphatic heterocycles. The van der Waals surface area contributed by atoms with Crippen molar-refractivity contribution in [2.24, 2.45) is 5.41 Å². The third-order valence-electron chi connectivity index (χ3n) is 2.96. The fraction of sp³-hybridized carbons (Fsp3) is 0.500. The summed E-state index contributed by atoms with van der Waals surface area (Å²) in [5.41, 5.74) is 0.923. The first kappa shape index (κ1) is 14.6. The molecule has 1 aromatic rings. The number of carboxylic acid groups (broad SMARTS) is 1. The standard InChI is InChI=1S/C14H20FNO2/c1-10-8-11(4-5-12(10)15)6-7-16-9-14(2,3)13(17)18/h4-5,8,16H,6-7,9H2,1-3H3,(H,17,18). The van der Waals surface area contributed by atoms with E-state index in [9.17, 15) is 9.18 Å². The molecule has 0 heterocycles. The van der Waals surface area contributed by atoms with Gasteiger partial charge in [0, 0.05) is 6.54 Å². The molecule has 0 atom stereocenters. The summed E-state index contributed by atoms with van der Waals surface area (Å²) in [6.45, 7) is 6.21. The summed E-state index contributed by atoms with van der Waals surface area (Å²) in [6, 6.07) is 5.04. The van der Waals surface area contributed by atoms with E-state index >= 15 is 0 Å². The zero-order chi connectivity index (χ0) is 13.8. The molecule has 0 aliphatic rings. The van der Waals surface area contributed by atoms with Crippen molar-refractivity contribution < 1.29 is 14.3 Å². The van der Waals surface area contributed by atoms with Crippen molar-refractivity contribution in [3.8, 4) is 0 Å². The highest BCUT2D eigenvalue weighted by Crippen LogP contribution is 2.13. The lowest BCUT2D eigenvalue weighted by Crippen LogP contribution is -2.36. The minimum absolute atomic E-state index is 0.196. The van der Waals surface area contributed by atoms with E-state index < -0.39 is 11.4 Å². The molecule has 1 aromatic carbocycles. The van der Waals surface area contributed by atoms with Crippen LogP contribution in [0.25, 0.3) is 0 Å². The van der Waals surface area contributed by atoms with Crippen LogP contribution in [0, 0.1) is 18.2 Å². The van der Waals surface area contributed by atoms with Gasteiger partial charge in [-0.2, -0.15) is 0 Å². The average molecular weight is 253 g/mol. The monoisotopic (exact) mass is 253 g/mol. The van der Waals surface area contributed by atoms with E-state index in [1.165, 1.54) is 6.07 Å². The van der Waals surface area contributed by atoms with Crippen LogP contribution < -0.4 is 5.32 Å². The van der Waals surface area contributed by atoms with Gasteiger partial charge in [-0.25, -0.2) is 4.39 Å². The molecule has 0 saturated heterocycles. The van der Waals surface area contributed by atoms with Gasteiger partial charge in [0.2, 0.25) is 0 Å². The topological polar surface area (TPSA) is 49.3 Å². The molecule has 0 radical (unpaired) electrons. The number of hydrogen-bond acceptors (Lipinski definition) is 2. The third-order valence-corrected chi connectivity index (χ3v) is 2.96. The molecule has 0 bridgehead atoms. The quantitative estimate of drug-likeness (QED) is 0.765. The normalized spacial score (nSPS) is 11.6. The van der Waals surface area contributed by atoms with Gasteiger partial charge < -0.3 is 10.4 Å². The highest BCUT2D eigenvalue weighted by Gasteiger charge is 2.26. The van der Waals surface area contributed by atoms with Gasteiger partial charge in [-0.1, -0.05) is 12.1 Å². The number of aliphatic carboxylic acids is 1. The van der Waals surface area contributed by atoms with Crippen molar-refractivity contribution >= 4 is 5.97 Å². The summed E-state index contributed by atoms with van der Waals surface area (Å²) in [6.07, 6.45) is 0.761. The van der Waals surface area contributed by atoms with Crippen molar-refractivity contribution in [3.05, 3.63) is 35.1 Å². The Labute approximate surface area is 107 Å². The van der Waals surface area contributed by atoms with Crippen molar-refractivity contribution in [1.82, 2.24) is 5.32 Å². The molecule has 3 nitrogen and oxygen atoms in total. The van der Waals surface area contributed by atoms with Gasteiger partial charge in [0.15, 0.2) is 0 Å². The van der Waals surface area contributed by atoms with E-state index in [1.54, 1.807) is 26.8 Å². The van der Waals surface area contributed by atoms with E-state index in [0.29, 0.717) is 18.7 Å². The maximum absolute atomic E-state index is 13.1. The predicted octanol–water partition coefficient (Wildman–Crippen LogP) is 2.38. The van der Waals surface area contributed by atoms with Crippen LogP contribution in [-0.4, -0.2) is 24.2 Å². The van der Waals surface area contributed by atoms with Crippen LogP contribution in [0.2, 0.25) is 0 Å². The van der Waals surface area contributed by atoms with E-state index in [1.807, 2.05) is 6.07 Å². The van der Waals surface area contributed by atoms with Crippen LogP contribution in [0.5, 0.6) is 0 Å². The zero-order valence-electron chi connectivity index (χ0n) is 11.1. The van der Waals surface area contributed by atoms with Gasteiger partial charge >= 0.3 is 5.97 Å². The molecule has 0 amide bonds. The Hall–Kier alpha value is -1.42. The Morgan fingerprint density at radius 2 is 2.11 bits per heavy atom. The number of halogens is 1. The fourth-order valence-corrected chi connectivity index (χ4v) is 1.57. The Morgan fingerprint density at radius 1 is 1.44 bits per heavy atom. The summed E-state index contributed by atoms with van der Waals surface area (Å²) in [4.78, 5) is 10.9. The summed E-state index contributed by atoms with van der Waals surface area (Å²) in [5, 5.41) is 12.1. The molecule has 1 rings (SSSR count). The molecule has 4 heteroatoms. The lowest BCUT2D eigenvalue weighted by molar-refractivity contribution is -0.146. The summed E-state index contributed by atoms with van der Waals surface area (Å²) in [7, 11) is 0. The number of benzene rings is 1. The largest absolute Gasteiger partial charge is 0.481 e. The minimum Gasteiger partial charge on any atom is -0.481 e. The molecule has 100 valence electrons. The average Bonchev–Trinajstić information content (AvgIpc) is 2.29. The van der Waals surface area contributed by atoms with Gasteiger partial charge in [-0.3, -0.25) is 4.79 Å². The van der Waals surface area contributed by atoms with E-state index in [-0.39, 0.29) is 5.82 Å². The molecule has 0 saturated carbocycles. The fourth-order valence-electron chi connectivity index (χ4n) is 1.57. The number of rotatable bonds is 6. The Morgan fingerprint density at radius 3 is 2.67 bits per heavy atom. The second kappa shape index (κ2) is 5.96. The van der Waals surface area contributed by atoms with Crippen molar-refractivity contribution in [3.63, 3.8) is 0 Å². The Kier molecular flexibility index (Phi) is 4.84. The first-order chi connectivity index (χ1) is 8.33. The minimum atomic E-state index is -0.812. The lowest BCUT2D eigenvalue weighted by Gasteiger charge is -2.19. The maximum Gasteiger partial charge on any atom is 0.310 e. The van der Waals surface area contributed by atoms with E-state index in [2.05, 4.69) is 5.32 Å². The zero-order valence-corrected chi connectivity index (χ0v) is 11.1. The summed E-state index contributed by atoms with van der Waals surface area (Å²) in [5.74, 6) is -1.01. The van der Waals surface area contributed by atoms with Crippen LogP contribution in [0.15, 0.2) is 18.2 Å². The lowest BCUT2D eigenvalue weighted by atomic mass is 9.94. The van der Waals surface area contributed by atoms with E-state index in [4.69, 9.17) is 5.11 Å². The number of nitrogens with one attached hydrogen (secondary N) is 1. The second-order valence-corrected chi connectivity index (χ2v) is 5.20. The first-order valence-electron chi connectivity index (χ1n) is 6.02. The second-order valence-electron chi connectivity index (χ2n) is 5.20. The van der Waals surface area contributed by atoms with Crippen LogP contribution in [-0.2, 0) is 11.2 Å². The molecule has 0 aliphatic carbocycles. The number of hydrogen-bond donors (Lipinski definition) is 2. The maximum atomic E-state index is 13.1. The van der Waals surface area contributed by atoms with Crippen molar-refractivity contribution in [1.29, 1.82) is 0 Å². The smallest absolute Gasteiger partial charge is 0.310 e. The van der Waals surface area contributed by atoms with Gasteiger partial charge in [0.25, 0.3) is 0 Å². The van der Waals surface area contributed by atoms with Crippen LogP contribution in [0.4, 0.5) is 4.39 Å². The molecule has 0 spiro atoms. The summed E-state index contributed by atoms with van der Waals surface area (Å²) >= 11 is 0. The molecular formula is C14H20FNO2. The van der Waals surface area contributed by atoms with Crippen molar-refractivity contribution in [2.45, 2.75) is 27.2 Å². The number of aryl methyl sites for hydroxylation is 1. The SMILES string of the molecule is Cc1cc(CCNCC(C)(C)C(=O)O)ccc1F. The van der Waals surface area contributed by atoms with E-state index in [0.717, 1.165) is 12.0 Å². The molecule has 2 N–H and O–H groups in total. The van der Waals surface area contributed by atoms with Crippen molar-refractivity contribution in [2.75, 3.05) is 13.1 Å². The van der Waals surface area contributed by atoms with Gasteiger partial charge in [0.05, 0.1) is 5.41 Å². The molecular weight excluding hydrogens is 233 g/mol. The first-order valence-corrected chi connectivity index (χ1v) is 6.02. The summed E-state index contributed by atoms with van der Waals surface area (Å²) < 4.78 is 13.1. The molecule has 18 heavy (non-hydrogen) atoms. The third kappa shape index (κ3) is 4.11. The number of carbonyl (C=O) groups is 1. The van der Waals surface area contributed by atoms with Crippen LogP contribution >= 0.6 is 0 Å². The Bertz CT molecular complexity index is 430. The van der Waals surface area contributed by atoms with Crippen LogP contribution in [0.1, 0.15) is 25.0 Å². The van der Waals surface area contributed by atoms with Gasteiger partial charge in [-0.05, 0) is 50.9 Å². The highest BCUT2D eigenvalue weighted by molar-refractivity contribution is 5.73. The number of carboxylic acids is 1. The molecule has 0 fully saturated rings.